The molecule has 0 saturated heterocycles. The molecule has 0 radical (unpaired) electrons. The van der Waals surface area contributed by atoms with Gasteiger partial charge in [-0.15, -0.1) is 0 Å². The number of amides is 2. The lowest BCUT2D eigenvalue weighted by Gasteiger charge is -2.48. The summed E-state index contributed by atoms with van der Waals surface area (Å²) >= 11 is 0. The van der Waals surface area contributed by atoms with Gasteiger partial charge in [0.1, 0.15) is 34.7 Å². The number of esters is 1. The van der Waals surface area contributed by atoms with Gasteiger partial charge in [-0.25, -0.2) is 9.59 Å². The van der Waals surface area contributed by atoms with Gasteiger partial charge in [0.25, 0.3) is 0 Å². The number of primary amides is 1. The molecule has 0 aromatic heterocycles. The highest BCUT2D eigenvalue weighted by atomic mass is 16.5. The molecule has 0 bridgehead atoms. The Morgan fingerprint density at radius 3 is 2.34 bits per heavy atom. The van der Waals surface area contributed by atoms with Crippen molar-refractivity contribution < 1.29 is 39.5 Å². The number of aromatic hydroxyl groups is 1. The summed E-state index contributed by atoms with van der Waals surface area (Å²) in [6.07, 6.45) is -1.55. The predicted octanol–water partition coefficient (Wildman–Crippen LogP) is 0.530. The van der Waals surface area contributed by atoms with Gasteiger partial charge in [0.05, 0.1) is 6.10 Å². The van der Waals surface area contributed by atoms with Crippen molar-refractivity contribution in [2.24, 2.45) is 17.4 Å². The zero-order valence-electron chi connectivity index (χ0n) is 21.8. The van der Waals surface area contributed by atoms with Gasteiger partial charge in [-0.2, -0.15) is 0 Å². The van der Waals surface area contributed by atoms with E-state index in [9.17, 15) is 34.8 Å². The molecular weight excluding hydrogens is 494 g/mol. The minimum absolute atomic E-state index is 0.0307. The first-order valence-electron chi connectivity index (χ1n) is 12.1. The summed E-state index contributed by atoms with van der Waals surface area (Å²) in [7, 11) is 0. The van der Waals surface area contributed by atoms with E-state index in [1.807, 2.05) is 0 Å². The Morgan fingerprint density at radius 1 is 1.16 bits per heavy atom. The third kappa shape index (κ3) is 4.62. The number of rotatable bonds is 8. The molecule has 11 heteroatoms. The molecule has 0 unspecified atom stereocenters. The van der Waals surface area contributed by atoms with E-state index >= 15 is 0 Å². The summed E-state index contributed by atoms with van der Waals surface area (Å²) in [5.74, 6) is -2.61. The van der Waals surface area contributed by atoms with Crippen LogP contribution in [0.5, 0.6) is 5.75 Å². The minimum Gasteiger partial charge on any atom is -0.507 e. The fourth-order valence-electron chi connectivity index (χ4n) is 5.74. The maximum atomic E-state index is 13.0. The number of benzene rings is 2. The smallest absolute Gasteiger partial charge is 0.342 e. The Morgan fingerprint density at radius 2 is 1.79 bits per heavy atom. The number of nitrogens with one attached hydrogen (secondary N) is 1. The van der Waals surface area contributed by atoms with Crippen LogP contribution in [-0.4, -0.2) is 73.7 Å². The quantitative estimate of drug-likeness (QED) is 0.188. The first-order chi connectivity index (χ1) is 17.6. The molecule has 206 valence electrons. The largest absolute Gasteiger partial charge is 0.507 e. The van der Waals surface area contributed by atoms with Gasteiger partial charge in [-0.3, -0.25) is 4.79 Å². The monoisotopic (exact) mass is 529 g/mol. The first kappa shape index (κ1) is 29.1. The lowest BCUT2D eigenvalue weighted by atomic mass is 9.73. The lowest BCUT2D eigenvalue weighted by Crippen LogP contribution is -2.76. The number of aliphatic hydroxyl groups excluding tert-OH is 1. The van der Waals surface area contributed by atoms with Crippen LogP contribution in [0.2, 0.25) is 0 Å². The number of nitrogens with two attached hydrogens (primary N) is 2. The number of carbonyl (C=O) groups is 3. The second-order valence-corrected chi connectivity index (χ2v) is 10.2. The third-order valence-electron chi connectivity index (χ3n) is 7.88. The van der Waals surface area contributed by atoms with Gasteiger partial charge in [-0.1, -0.05) is 30.3 Å². The van der Waals surface area contributed by atoms with Gasteiger partial charge in [0, 0.05) is 17.5 Å². The fraction of sp³-hybridized carbons (Fsp3) is 0.444. The van der Waals surface area contributed by atoms with Crippen LogP contribution >= 0.6 is 0 Å². The van der Waals surface area contributed by atoms with Crippen LogP contribution in [0.3, 0.4) is 0 Å². The Bertz CT molecular complexity index is 1230. The summed E-state index contributed by atoms with van der Waals surface area (Å²) in [6.45, 7) is 4.62. The number of hydrogen-bond donors (Lipinski definition) is 7. The molecule has 6 atom stereocenters. The van der Waals surface area contributed by atoms with E-state index in [1.165, 1.54) is 26.8 Å². The predicted molar refractivity (Wildman–Crippen MR) is 137 cm³/mol. The maximum absolute atomic E-state index is 13.0. The molecule has 9 N–H and O–H groups in total. The Kier molecular flexibility index (Phi) is 7.90. The summed E-state index contributed by atoms with van der Waals surface area (Å²) in [5, 5.41) is 47.3. The number of aryl methyl sites for hydroxylation is 1. The molecule has 2 aromatic carbocycles. The number of phenols is 1. The van der Waals surface area contributed by atoms with Crippen molar-refractivity contribution in [2.45, 2.75) is 63.0 Å². The van der Waals surface area contributed by atoms with Gasteiger partial charge in [0.2, 0.25) is 0 Å². The number of Topliss-reactive ketones (excluding diaryl/α,β-unsaturated/α-hetero) is 1. The first-order valence-corrected chi connectivity index (χ1v) is 12.1. The number of ether oxygens (including phenoxy) is 1. The molecule has 0 aliphatic heterocycles. The van der Waals surface area contributed by atoms with E-state index < -0.39 is 53.4 Å². The van der Waals surface area contributed by atoms with Crippen LogP contribution < -0.4 is 16.8 Å². The summed E-state index contributed by atoms with van der Waals surface area (Å²) in [6, 6.07) is 8.59. The molecular formula is C27H35N3O8. The number of aliphatic hydroxyl groups is 3. The van der Waals surface area contributed by atoms with Crippen molar-refractivity contribution in [1.29, 1.82) is 0 Å². The SMILES string of the molecule is CC(=O)c1cccc(C[C@H]2[C@H](N)[C@@](NC(N)=O)([C@H](C)O)[C@@](C)(O)[C@@]2(O)COC(=O)c2c(C)cccc2O)c1. The molecule has 1 saturated carbocycles. The van der Waals surface area contributed by atoms with Crippen molar-refractivity contribution in [3.8, 4) is 5.75 Å². The van der Waals surface area contributed by atoms with E-state index in [2.05, 4.69) is 5.32 Å². The molecule has 1 aliphatic rings. The van der Waals surface area contributed by atoms with Crippen LogP contribution in [0.1, 0.15) is 52.6 Å². The molecule has 0 spiro atoms. The van der Waals surface area contributed by atoms with E-state index in [0.717, 1.165) is 0 Å². The fourth-order valence-corrected chi connectivity index (χ4v) is 5.74. The van der Waals surface area contributed by atoms with Crippen molar-refractivity contribution in [3.63, 3.8) is 0 Å². The molecule has 0 heterocycles. The Balaban J connectivity index is 2.11. The van der Waals surface area contributed by atoms with Crippen molar-refractivity contribution in [3.05, 3.63) is 64.7 Å². The van der Waals surface area contributed by atoms with E-state index in [-0.39, 0.29) is 23.5 Å². The van der Waals surface area contributed by atoms with Crippen LogP contribution in [0.25, 0.3) is 0 Å². The number of hydrogen-bond acceptors (Lipinski definition) is 9. The highest BCUT2D eigenvalue weighted by molar-refractivity contribution is 5.94. The zero-order valence-corrected chi connectivity index (χ0v) is 21.8. The molecule has 1 aliphatic carbocycles. The third-order valence-corrected chi connectivity index (χ3v) is 7.88. The number of urea groups is 1. The number of ketones is 1. The van der Waals surface area contributed by atoms with E-state index in [1.54, 1.807) is 43.3 Å². The normalized spacial score (nSPS) is 29.5. The van der Waals surface area contributed by atoms with Crippen LogP contribution in [0.15, 0.2) is 42.5 Å². The molecule has 2 aromatic rings. The van der Waals surface area contributed by atoms with Gasteiger partial charge in [0.15, 0.2) is 5.78 Å². The second-order valence-electron chi connectivity index (χ2n) is 10.2. The second kappa shape index (κ2) is 10.3. The average Bonchev–Trinajstić information content (AvgIpc) is 2.94. The summed E-state index contributed by atoms with van der Waals surface area (Å²) in [5.41, 5.74) is 6.44. The molecule has 11 nitrogen and oxygen atoms in total. The highest BCUT2D eigenvalue weighted by Crippen LogP contribution is 2.52. The highest BCUT2D eigenvalue weighted by Gasteiger charge is 2.75. The lowest BCUT2D eigenvalue weighted by molar-refractivity contribution is -0.194. The van der Waals surface area contributed by atoms with Gasteiger partial charge in [-0.05, 0) is 57.4 Å². The van der Waals surface area contributed by atoms with E-state index in [0.29, 0.717) is 16.7 Å². The molecule has 1 fully saturated rings. The summed E-state index contributed by atoms with van der Waals surface area (Å²) < 4.78 is 5.42. The van der Waals surface area contributed by atoms with Crippen LogP contribution in [-0.2, 0) is 11.2 Å². The van der Waals surface area contributed by atoms with Crippen molar-refractivity contribution >= 4 is 17.8 Å². The minimum atomic E-state index is -2.39. The molecule has 3 rings (SSSR count). The van der Waals surface area contributed by atoms with Crippen LogP contribution in [0, 0.1) is 12.8 Å². The molecule has 38 heavy (non-hydrogen) atoms. The standard InChI is InChI=1S/C27H35N3O8/c1-14-7-5-10-20(33)21(14)23(34)38-13-26(37)19(12-17-8-6-9-18(11-17)15(2)31)22(28)27(16(3)32,25(26,4)36)30-24(29)35/h5-11,16,19,22,32-33,36-37H,12-13,28H2,1-4H3,(H3,29,30,35)/t16-,19-,22-,25-,26+,27-/m0/s1. The van der Waals surface area contributed by atoms with Gasteiger partial charge < -0.3 is 41.9 Å². The maximum Gasteiger partial charge on any atom is 0.342 e. The zero-order chi connectivity index (χ0) is 28.6. The summed E-state index contributed by atoms with van der Waals surface area (Å²) in [4.78, 5) is 36.9. The Hall–Kier alpha value is -3.51. The van der Waals surface area contributed by atoms with Crippen molar-refractivity contribution in [2.75, 3.05) is 6.61 Å². The topological polar surface area (TPSA) is 205 Å². The van der Waals surface area contributed by atoms with E-state index in [4.69, 9.17) is 16.2 Å². The molecule has 2 amide bonds. The number of phenolic OH excluding ortho intramolecular Hbond substituents is 1. The average molecular weight is 530 g/mol. The Labute approximate surface area is 220 Å². The van der Waals surface area contributed by atoms with Crippen LogP contribution in [0.4, 0.5) is 4.79 Å². The van der Waals surface area contributed by atoms with Crippen molar-refractivity contribution in [1.82, 2.24) is 5.32 Å². The van der Waals surface area contributed by atoms with Gasteiger partial charge >= 0.3 is 12.0 Å². The number of carbonyl (C=O) groups excluding carboxylic acids is 3.